The second-order valence-corrected chi connectivity index (χ2v) is 5.57. The molecule has 2 unspecified atom stereocenters. The Morgan fingerprint density at radius 1 is 1.43 bits per heavy atom. The first kappa shape index (κ1) is 11.9. The summed E-state index contributed by atoms with van der Waals surface area (Å²) in [6.45, 7) is 8.81. The average molecular weight is 217 g/mol. The summed E-state index contributed by atoms with van der Waals surface area (Å²) in [5.41, 5.74) is 0. The van der Waals surface area contributed by atoms with E-state index in [1.807, 2.05) is 23.6 Å². The minimum atomic E-state index is 0.130. The molecule has 1 aliphatic rings. The number of carbonyl (C=O) groups is 1. The predicted octanol–water partition coefficient (Wildman–Crippen LogP) is 1.38. The fourth-order valence-electron chi connectivity index (χ4n) is 1.66. The van der Waals surface area contributed by atoms with Crippen LogP contribution in [0.1, 0.15) is 20.8 Å². The number of hydrogen-bond donors (Lipinski definition) is 0. The van der Waals surface area contributed by atoms with Crippen molar-refractivity contribution in [3.05, 3.63) is 0 Å². The third kappa shape index (κ3) is 3.50. The van der Waals surface area contributed by atoms with Gasteiger partial charge in [-0.25, -0.2) is 0 Å². The number of nitrogens with zero attached hydrogens (tertiary/aromatic N) is 1. The molecule has 0 N–H and O–H groups in total. The van der Waals surface area contributed by atoms with Crippen LogP contribution in [0.4, 0.5) is 0 Å². The second kappa shape index (κ2) is 5.61. The van der Waals surface area contributed by atoms with Gasteiger partial charge >= 0.3 is 0 Å². The van der Waals surface area contributed by atoms with Crippen molar-refractivity contribution < 1.29 is 9.53 Å². The third-order valence-corrected chi connectivity index (χ3v) is 3.43. The fraction of sp³-hybridized carbons (Fsp3) is 0.900. The molecule has 0 aromatic carbocycles. The van der Waals surface area contributed by atoms with E-state index < -0.39 is 0 Å². The van der Waals surface area contributed by atoms with Gasteiger partial charge in [0, 0.05) is 30.2 Å². The molecule has 0 spiro atoms. The first-order chi connectivity index (χ1) is 6.63. The summed E-state index contributed by atoms with van der Waals surface area (Å²) in [5, 5.41) is 1.09. The summed E-state index contributed by atoms with van der Waals surface area (Å²) >= 11 is 1.95. The maximum atomic E-state index is 11.6. The third-order valence-electron chi connectivity index (χ3n) is 2.20. The molecule has 0 aromatic heterocycles. The first-order valence-corrected chi connectivity index (χ1v) is 6.08. The van der Waals surface area contributed by atoms with E-state index in [1.165, 1.54) is 0 Å². The van der Waals surface area contributed by atoms with Crippen LogP contribution in [-0.4, -0.2) is 47.6 Å². The van der Waals surface area contributed by atoms with Crippen molar-refractivity contribution >= 4 is 17.7 Å². The van der Waals surface area contributed by atoms with Crippen LogP contribution in [0.5, 0.6) is 0 Å². The number of amides is 1. The molecule has 0 aromatic rings. The first-order valence-electron chi connectivity index (χ1n) is 5.14. The zero-order valence-electron chi connectivity index (χ0n) is 9.16. The van der Waals surface area contributed by atoms with Crippen LogP contribution < -0.4 is 0 Å². The summed E-state index contributed by atoms with van der Waals surface area (Å²) in [6, 6.07) is 0. The summed E-state index contributed by atoms with van der Waals surface area (Å²) in [4.78, 5) is 13.6. The maximum absolute atomic E-state index is 11.6. The lowest BCUT2D eigenvalue weighted by Gasteiger charge is -2.34. The Labute approximate surface area is 90.2 Å². The Bertz CT molecular complexity index is 189. The van der Waals surface area contributed by atoms with Crippen LogP contribution >= 0.6 is 11.8 Å². The highest BCUT2D eigenvalue weighted by molar-refractivity contribution is 8.00. The predicted molar refractivity (Wildman–Crippen MR) is 59.6 cm³/mol. The zero-order valence-corrected chi connectivity index (χ0v) is 9.97. The van der Waals surface area contributed by atoms with Crippen LogP contribution in [0.3, 0.4) is 0 Å². The van der Waals surface area contributed by atoms with Gasteiger partial charge in [-0.15, -0.1) is 0 Å². The summed E-state index contributed by atoms with van der Waals surface area (Å²) in [5.74, 6) is 0.130. The number of ether oxygens (including phenoxy) is 1. The molecule has 1 heterocycles. The minimum absolute atomic E-state index is 0.130. The molecule has 1 amide bonds. The molecule has 1 rings (SSSR count). The van der Waals surface area contributed by atoms with Gasteiger partial charge in [-0.1, -0.05) is 13.8 Å². The monoisotopic (exact) mass is 217 g/mol. The van der Waals surface area contributed by atoms with Gasteiger partial charge in [-0.05, 0) is 6.92 Å². The smallest absolute Gasteiger partial charge is 0.248 e. The molecule has 3 nitrogen and oxygen atoms in total. The van der Waals surface area contributed by atoms with Crippen molar-refractivity contribution in [2.24, 2.45) is 0 Å². The molecule has 0 bridgehead atoms. The van der Waals surface area contributed by atoms with Crippen LogP contribution in [0.2, 0.25) is 0 Å². The lowest BCUT2D eigenvalue weighted by atomic mass is 10.3. The van der Waals surface area contributed by atoms with Gasteiger partial charge in [0.05, 0.1) is 0 Å². The van der Waals surface area contributed by atoms with E-state index >= 15 is 0 Å². The largest absolute Gasteiger partial charge is 0.372 e. The van der Waals surface area contributed by atoms with Crippen molar-refractivity contribution in [3.8, 4) is 0 Å². The Morgan fingerprint density at radius 2 is 2.00 bits per heavy atom. The highest BCUT2D eigenvalue weighted by atomic mass is 32.2. The number of carbonyl (C=O) groups excluding carboxylic acids is 1. The van der Waals surface area contributed by atoms with E-state index in [4.69, 9.17) is 4.74 Å². The van der Waals surface area contributed by atoms with Gasteiger partial charge in [0.15, 0.2) is 0 Å². The van der Waals surface area contributed by atoms with Gasteiger partial charge in [0.2, 0.25) is 5.91 Å². The van der Waals surface area contributed by atoms with Crippen LogP contribution in [0.25, 0.3) is 0 Å². The van der Waals surface area contributed by atoms with E-state index in [2.05, 4.69) is 13.8 Å². The SMILES string of the molecule is CCOCC(=O)N1CC(C)SC(C)C1. The lowest BCUT2D eigenvalue weighted by Crippen LogP contribution is -2.45. The fourth-order valence-corrected chi connectivity index (χ4v) is 2.99. The van der Waals surface area contributed by atoms with E-state index in [-0.39, 0.29) is 12.5 Å². The van der Waals surface area contributed by atoms with E-state index in [0.717, 1.165) is 13.1 Å². The number of rotatable bonds is 3. The quantitative estimate of drug-likeness (QED) is 0.715. The summed E-state index contributed by atoms with van der Waals surface area (Å²) in [6.07, 6.45) is 0. The van der Waals surface area contributed by atoms with Gasteiger partial charge < -0.3 is 9.64 Å². The molecule has 4 heteroatoms. The molecule has 0 saturated carbocycles. The van der Waals surface area contributed by atoms with Crippen LogP contribution in [0, 0.1) is 0 Å². The van der Waals surface area contributed by atoms with E-state index in [0.29, 0.717) is 17.1 Å². The van der Waals surface area contributed by atoms with Crippen molar-refractivity contribution in [3.63, 3.8) is 0 Å². The lowest BCUT2D eigenvalue weighted by molar-refractivity contribution is -0.136. The Morgan fingerprint density at radius 3 is 2.50 bits per heavy atom. The van der Waals surface area contributed by atoms with Gasteiger partial charge in [-0.3, -0.25) is 4.79 Å². The highest BCUT2D eigenvalue weighted by Gasteiger charge is 2.25. The Kier molecular flexibility index (Phi) is 4.75. The van der Waals surface area contributed by atoms with Gasteiger partial charge in [-0.2, -0.15) is 11.8 Å². The Balaban J connectivity index is 2.38. The molecule has 2 atom stereocenters. The maximum Gasteiger partial charge on any atom is 0.248 e. The van der Waals surface area contributed by atoms with Crippen LogP contribution in [-0.2, 0) is 9.53 Å². The van der Waals surface area contributed by atoms with Crippen LogP contribution in [0.15, 0.2) is 0 Å². The van der Waals surface area contributed by atoms with Crippen molar-refractivity contribution in [2.75, 3.05) is 26.3 Å². The van der Waals surface area contributed by atoms with Crippen molar-refractivity contribution in [1.82, 2.24) is 4.90 Å². The van der Waals surface area contributed by atoms with Crippen molar-refractivity contribution in [1.29, 1.82) is 0 Å². The summed E-state index contributed by atoms with van der Waals surface area (Å²) in [7, 11) is 0. The van der Waals surface area contributed by atoms with Gasteiger partial charge in [0.1, 0.15) is 6.61 Å². The molecule has 14 heavy (non-hydrogen) atoms. The van der Waals surface area contributed by atoms with Crippen molar-refractivity contribution in [2.45, 2.75) is 31.3 Å². The van der Waals surface area contributed by atoms with E-state index in [1.54, 1.807) is 0 Å². The zero-order chi connectivity index (χ0) is 10.6. The normalized spacial score (nSPS) is 27.8. The topological polar surface area (TPSA) is 29.5 Å². The molecule has 1 fully saturated rings. The molecule has 0 aliphatic carbocycles. The highest BCUT2D eigenvalue weighted by Crippen LogP contribution is 2.24. The Hall–Kier alpha value is -0.220. The molecule has 1 saturated heterocycles. The molecular weight excluding hydrogens is 198 g/mol. The standard InChI is InChI=1S/C10H19NO2S/c1-4-13-7-10(12)11-5-8(2)14-9(3)6-11/h8-9H,4-7H2,1-3H3. The van der Waals surface area contributed by atoms with Gasteiger partial charge in [0.25, 0.3) is 0 Å². The number of thioether (sulfide) groups is 1. The molecule has 1 aliphatic heterocycles. The molecule has 0 radical (unpaired) electrons. The molecule has 82 valence electrons. The average Bonchev–Trinajstić information content (AvgIpc) is 2.12. The summed E-state index contributed by atoms with van der Waals surface area (Å²) < 4.78 is 5.12. The molecular formula is C10H19NO2S. The minimum Gasteiger partial charge on any atom is -0.372 e. The van der Waals surface area contributed by atoms with E-state index in [9.17, 15) is 4.79 Å². The number of hydrogen-bond acceptors (Lipinski definition) is 3. The second-order valence-electron chi connectivity index (χ2n) is 3.69.